The summed E-state index contributed by atoms with van der Waals surface area (Å²) >= 11 is 1.78. The van der Waals surface area contributed by atoms with Crippen molar-refractivity contribution in [1.82, 2.24) is 4.57 Å². The molecular formula is C17H21NOS. The molecule has 1 aliphatic carbocycles. The number of carbonyl (C=O) groups excluding carboxylic acids is 1. The highest BCUT2D eigenvalue weighted by Gasteiger charge is 2.34. The van der Waals surface area contributed by atoms with E-state index in [-0.39, 0.29) is 5.41 Å². The van der Waals surface area contributed by atoms with Gasteiger partial charge in [-0.15, -0.1) is 11.3 Å². The zero-order chi connectivity index (χ0) is 14.5. The van der Waals surface area contributed by atoms with Crippen LogP contribution in [0.4, 0.5) is 0 Å². The van der Waals surface area contributed by atoms with Gasteiger partial charge in [0.05, 0.1) is 6.04 Å². The second kappa shape index (κ2) is 4.59. The summed E-state index contributed by atoms with van der Waals surface area (Å²) in [6.07, 6.45) is 1.65. The van der Waals surface area contributed by atoms with Crippen molar-refractivity contribution >= 4 is 17.1 Å². The first-order chi connectivity index (χ1) is 9.39. The summed E-state index contributed by atoms with van der Waals surface area (Å²) in [6.45, 7) is 8.72. The van der Waals surface area contributed by atoms with E-state index < -0.39 is 0 Å². The lowest BCUT2D eigenvalue weighted by Gasteiger charge is -2.31. The second-order valence-corrected chi connectivity index (χ2v) is 7.63. The summed E-state index contributed by atoms with van der Waals surface area (Å²) in [5.41, 5.74) is 3.44. The van der Waals surface area contributed by atoms with Crippen LogP contribution in [0.2, 0.25) is 0 Å². The molecule has 0 aromatic carbocycles. The summed E-state index contributed by atoms with van der Waals surface area (Å²) < 4.78 is 2.36. The molecule has 0 fully saturated rings. The summed E-state index contributed by atoms with van der Waals surface area (Å²) in [4.78, 5) is 13.7. The maximum Gasteiger partial charge on any atom is 0.165 e. The van der Waals surface area contributed by atoms with Gasteiger partial charge in [0.15, 0.2) is 5.78 Å². The van der Waals surface area contributed by atoms with Crippen molar-refractivity contribution < 1.29 is 4.79 Å². The van der Waals surface area contributed by atoms with Crippen LogP contribution in [0, 0.1) is 12.3 Å². The number of carbonyl (C=O) groups is 1. The molecule has 3 rings (SSSR count). The largest absolute Gasteiger partial charge is 0.340 e. The molecule has 0 N–H and O–H groups in total. The van der Waals surface area contributed by atoms with Gasteiger partial charge in [0.25, 0.3) is 0 Å². The highest BCUT2D eigenvalue weighted by Crippen LogP contribution is 2.38. The van der Waals surface area contributed by atoms with E-state index >= 15 is 0 Å². The molecular weight excluding hydrogens is 266 g/mol. The minimum atomic E-state index is 0.0712. The van der Waals surface area contributed by atoms with Gasteiger partial charge in [-0.1, -0.05) is 19.9 Å². The lowest BCUT2D eigenvalue weighted by atomic mass is 9.76. The molecule has 0 aliphatic heterocycles. The lowest BCUT2D eigenvalue weighted by molar-refractivity contribution is 0.0910. The molecule has 0 bridgehead atoms. The molecule has 0 saturated carbocycles. The summed E-state index contributed by atoms with van der Waals surface area (Å²) in [7, 11) is 0. The van der Waals surface area contributed by atoms with E-state index in [9.17, 15) is 4.79 Å². The van der Waals surface area contributed by atoms with Crippen LogP contribution in [0.15, 0.2) is 23.6 Å². The van der Waals surface area contributed by atoms with Crippen molar-refractivity contribution in [3.05, 3.63) is 45.4 Å². The van der Waals surface area contributed by atoms with E-state index in [1.165, 1.54) is 16.3 Å². The molecule has 1 aliphatic rings. The van der Waals surface area contributed by atoms with Crippen molar-refractivity contribution in [3.63, 3.8) is 0 Å². The molecule has 2 aromatic heterocycles. The van der Waals surface area contributed by atoms with E-state index in [2.05, 4.69) is 55.8 Å². The molecule has 106 valence electrons. The van der Waals surface area contributed by atoms with E-state index in [0.29, 0.717) is 18.2 Å². The fourth-order valence-electron chi connectivity index (χ4n) is 3.37. The highest BCUT2D eigenvalue weighted by molar-refractivity contribution is 7.10. The highest BCUT2D eigenvalue weighted by atomic mass is 32.1. The average molecular weight is 287 g/mol. The van der Waals surface area contributed by atoms with Crippen LogP contribution in [-0.2, 0) is 6.42 Å². The number of rotatable bonds is 2. The summed E-state index contributed by atoms with van der Waals surface area (Å²) in [5.74, 6) is 0.302. The number of hydrogen-bond acceptors (Lipinski definition) is 2. The number of ketones is 1. The minimum absolute atomic E-state index is 0.0712. The number of Topliss-reactive ketones (excluding diaryl/α,β-unsaturated/α-hetero) is 1. The van der Waals surface area contributed by atoms with Gasteiger partial charge in [-0.2, -0.15) is 0 Å². The molecule has 0 amide bonds. The Morgan fingerprint density at radius 2 is 2.10 bits per heavy atom. The smallest absolute Gasteiger partial charge is 0.165 e. The van der Waals surface area contributed by atoms with Gasteiger partial charge < -0.3 is 4.57 Å². The summed E-state index contributed by atoms with van der Waals surface area (Å²) in [5, 5.41) is 2.12. The van der Waals surface area contributed by atoms with Gasteiger partial charge in [-0.3, -0.25) is 4.79 Å². The Morgan fingerprint density at radius 3 is 2.75 bits per heavy atom. The molecule has 0 radical (unpaired) electrons. The van der Waals surface area contributed by atoms with Gasteiger partial charge in [0, 0.05) is 28.2 Å². The lowest BCUT2D eigenvalue weighted by Crippen LogP contribution is -2.28. The molecule has 2 aromatic rings. The molecule has 0 saturated heterocycles. The Morgan fingerprint density at radius 1 is 1.35 bits per heavy atom. The maximum atomic E-state index is 12.4. The molecule has 3 heteroatoms. The third-order valence-electron chi connectivity index (χ3n) is 4.26. The first-order valence-corrected chi connectivity index (χ1v) is 8.04. The monoisotopic (exact) mass is 287 g/mol. The SMILES string of the molecule is Cc1cc2c(n1C(C)c1cccs1)CC(C)(C)CC2=O. The third-order valence-corrected chi connectivity index (χ3v) is 5.31. The van der Waals surface area contributed by atoms with Crippen molar-refractivity contribution in [2.45, 2.75) is 46.6 Å². The van der Waals surface area contributed by atoms with Crippen molar-refractivity contribution in [3.8, 4) is 0 Å². The van der Waals surface area contributed by atoms with Crippen LogP contribution >= 0.6 is 11.3 Å². The van der Waals surface area contributed by atoms with Gasteiger partial charge in [0.1, 0.15) is 0 Å². The van der Waals surface area contributed by atoms with Gasteiger partial charge in [-0.05, 0) is 43.2 Å². The Hall–Kier alpha value is -1.35. The van der Waals surface area contributed by atoms with E-state index in [4.69, 9.17) is 0 Å². The quantitative estimate of drug-likeness (QED) is 0.789. The predicted molar refractivity (Wildman–Crippen MR) is 83.7 cm³/mol. The van der Waals surface area contributed by atoms with Crippen LogP contribution in [0.5, 0.6) is 0 Å². The molecule has 2 heterocycles. The fraction of sp³-hybridized carbons (Fsp3) is 0.471. The second-order valence-electron chi connectivity index (χ2n) is 6.65. The first-order valence-electron chi connectivity index (χ1n) is 7.16. The number of aromatic nitrogens is 1. The zero-order valence-corrected chi connectivity index (χ0v) is 13.4. The Balaban J connectivity index is 2.12. The summed E-state index contributed by atoms with van der Waals surface area (Å²) in [6, 6.07) is 6.66. The molecule has 1 atom stereocenters. The number of fused-ring (bicyclic) bond motifs is 1. The fourth-order valence-corrected chi connectivity index (χ4v) is 4.14. The van der Waals surface area contributed by atoms with Crippen LogP contribution in [0.25, 0.3) is 0 Å². The van der Waals surface area contributed by atoms with Gasteiger partial charge >= 0.3 is 0 Å². The van der Waals surface area contributed by atoms with E-state index in [1.807, 2.05) is 0 Å². The molecule has 1 unspecified atom stereocenters. The molecule has 2 nitrogen and oxygen atoms in total. The Bertz CT molecular complexity index is 649. The predicted octanol–water partition coefficient (Wildman–Crippen LogP) is 4.62. The number of thiophene rings is 1. The minimum Gasteiger partial charge on any atom is -0.340 e. The van der Waals surface area contributed by atoms with Gasteiger partial charge in [0.2, 0.25) is 0 Å². The topological polar surface area (TPSA) is 22.0 Å². The number of nitrogens with zero attached hydrogens (tertiary/aromatic N) is 1. The van der Waals surface area contributed by atoms with Crippen LogP contribution in [0.3, 0.4) is 0 Å². The van der Waals surface area contributed by atoms with E-state index in [0.717, 1.165) is 12.0 Å². The van der Waals surface area contributed by atoms with Crippen molar-refractivity contribution in [2.75, 3.05) is 0 Å². The van der Waals surface area contributed by atoms with Crippen LogP contribution in [0.1, 0.15) is 59.9 Å². The van der Waals surface area contributed by atoms with Gasteiger partial charge in [-0.25, -0.2) is 0 Å². The normalized spacial score (nSPS) is 18.9. The van der Waals surface area contributed by atoms with Crippen LogP contribution in [-0.4, -0.2) is 10.4 Å². The maximum absolute atomic E-state index is 12.4. The third kappa shape index (κ3) is 2.14. The number of hydrogen-bond donors (Lipinski definition) is 0. The molecule has 0 spiro atoms. The van der Waals surface area contributed by atoms with E-state index in [1.54, 1.807) is 11.3 Å². The first kappa shape index (κ1) is 13.6. The van der Waals surface area contributed by atoms with Crippen molar-refractivity contribution in [2.24, 2.45) is 5.41 Å². The standard InChI is InChI=1S/C17H21NOS/c1-11-8-13-14(9-17(3,4)10-15(13)19)18(11)12(2)16-6-5-7-20-16/h5-8,12H,9-10H2,1-4H3. The molecule has 20 heavy (non-hydrogen) atoms. The van der Waals surface area contributed by atoms with Crippen LogP contribution < -0.4 is 0 Å². The number of aryl methyl sites for hydroxylation is 1. The van der Waals surface area contributed by atoms with Crippen molar-refractivity contribution in [1.29, 1.82) is 0 Å². The average Bonchev–Trinajstić information content (AvgIpc) is 2.94. The zero-order valence-electron chi connectivity index (χ0n) is 12.6. The Labute approximate surface area is 124 Å². The Kier molecular flexibility index (Phi) is 3.13.